The van der Waals surface area contributed by atoms with Crippen molar-refractivity contribution in [2.75, 3.05) is 19.8 Å². The summed E-state index contributed by atoms with van der Waals surface area (Å²) in [5.41, 5.74) is 0. The molecule has 6 nitrogen and oxygen atoms in total. The van der Waals surface area contributed by atoms with E-state index in [4.69, 9.17) is 10.2 Å². The van der Waals surface area contributed by atoms with Crippen molar-refractivity contribution in [1.29, 1.82) is 0 Å². The van der Waals surface area contributed by atoms with Crippen molar-refractivity contribution < 1.29 is 24.5 Å². The lowest BCUT2D eigenvalue weighted by molar-refractivity contribution is -0.141. The molecule has 1 aliphatic rings. The molecule has 0 saturated carbocycles. The highest BCUT2D eigenvalue weighted by Crippen LogP contribution is 2.11. The number of aliphatic hydroxyl groups is 1. The molecule has 1 saturated heterocycles. The number of carbonyl (C=O) groups is 2. The van der Waals surface area contributed by atoms with E-state index in [1.54, 1.807) is 0 Å². The number of amides is 1. The number of aliphatic carboxylic acids is 1. The Labute approximate surface area is 68.3 Å². The monoisotopic (exact) mass is 175 g/mol. The highest BCUT2D eigenvalue weighted by atomic mass is 16.6. The molecule has 0 radical (unpaired) electrons. The molecule has 0 bridgehead atoms. The highest BCUT2D eigenvalue weighted by Gasteiger charge is 2.37. The van der Waals surface area contributed by atoms with Gasteiger partial charge >= 0.3 is 12.1 Å². The van der Waals surface area contributed by atoms with E-state index in [2.05, 4.69) is 4.74 Å². The van der Waals surface area contributed by atoms with Gasteiger partial charge in [-0.25, -0.2) is 9.59 Å². The van der Waals surface area contributed by atoms with Crippen molar-refractivity contribution in [2.45, 2.75) is 6.04 Å². The van der Waals surface area contributed by atoms with Gasteiger partial charge in [-0.2, -0.15) is 0 Å². The second kappa shape index (κ2) is 3.40. The van der Waals surface area contributed by atoms with Gasteiger partial charge < -0.3 is 14.9 Å². The molecule has 0 aliphatic carbocycles. The Hall–Kier alpha value is -1.30. The summed E-state index contributed by atoms with van der Waals surface area (Å²) in [7, 11) is 0. The third-order valence-electron chi connectivity index (χ3n) is 1.60. The van der Waals surface area contributed by atoms with E-state index in [0.717, 1.165) is 4.90 Å². The first kappa shape index (κ1) is 8.79. The predicted octanol–water partition coefficient (Wildman–Crippen LogP) is -1.12. The van der Waals surface area contributed by atoms with Gasteiger partial charge in [0.25, 0.3) is 0 Å². The summed E-state index contributed by atoms with van der Waals surface area (Å²) in [5.74, 6) is -1.12. The Morgan fingerprint density at radius 3 is 2.92 bits per heavy atom. The number of carboxylic acids is 1. The van der Waals surface area contributed by atoms with E-state index >= 15 is 0 Å². The number of hydrogen-bond acceptors (Lipinski definition) is 4. The van der Waals surface area contributed by atoms with E-state index in [-0.39, 0.29) is 19.8 Å². The quantitative estimate of drug-likeness (QED) is 0.567. The first-order chi connectivity index (χ1) is 5.66. The normalized spacial score (nSPS) is 22.6. The molecular formula is C6H9NO5. The van der Waals surface area contributed by atoms with Crippen molar-refractivity contribution >= 4 is 12.1 Å². The first-order valence-electron chi connectivity index (χ1n) is 3.44. The molecule has 1 aliphatic heterocycles. The number of nitrogens with zero attached hydrogens (tertiary/aromatic N) is 1. The minimum atomic E-state index is -1.12. The molecule has 68 valence electrons. The first-order valence-corrected chi connectivity index (χ1v) is 3.44. The van der Waals surface area contributed by atoms with Crippen LogP contribution in [0.25, 0.3) is 0 Å². The topological polar surface area (TPSA) is 87.1 Å². The van der Waals surface area contributed by atoms with E-state index in [0.29, 0.717) is 0 Å². The Balaban J connectivity index is 2.63. The summed E-state index contributed by atoms with van der Waals surface area (Å²) in [5, 5.41) is 17.1. The number of cyclic esters (lactones) is 1. The fraction of sp³-hybridized carbons (Fsp3) is 0.667. The third kappa shape index (κ3) is 1.48. The number of hydrogen-bond donors (Lipinski definition) is 2. The highest BCUT2D eigenvalue weighted by molar-refractivity contribution is 5.82. The zero-order valence-electron chi connectivity index (χ0n) is 6.27. The van der Waals surface area contributed by atoms with Crippen LogP contribution in [0.4, 0.5) is 4.79 Å². The van der Waals surface area contributed by atoms with Gasteiger partial charge in [-0.1, -0.05) is 0 Å². The van der Waals surface area contributed by atoms with Gasteiger partial charge in [-0.05, 0) is 0 Å². The van der Waals surface area contributed by atoms with E-state index in [1.807, 2.05) is 0 Å². The van der Waals surface area contributed by atoms with Crippen molar-refractivity contribution in [3.63, 3.8) is 0 Å². The van der Waals surface area contributed by atoms with Crippen LogP contribution < -0.4 is 0 Å². The Morgan fingerprint density at radius 2 is 2.42 bits per heavy atom. The molecule has 1 heterocycles. The summed E-state index contributed by atoms with van der Waals surface area (Å²) >= 11 is 0. The minimum Gasteiger partial charge on any atom is -0.480 e. The van der Waals surface area contributed by atoms with Crippen LogP contribution in [0.2, 0.25) is 0 Å². The standard InChI is InChI=1S/C6H9NO5/c8-2-1-7-4(5(9)10)3-12-6(7)11/h4,8H,1-3H2,(H,9,10). The molecule has 1 rings (SSSR count). The van der Waals surface area contributed by atoms with Crippen molar-refractivity contribution in [2.24, 2.45) is 0 Å². The summed E-state index contributed by atoms with van der Waals surface area (Å²) in [4.78, 5) is 22.3. The number of carbonyl (C=O) groups excluding carboxylic acids is 1. The maximum atomic E-state index is 10.8. The third-order valence-corrected chi connectivity index (χ3v) is 1.60. The lowest BCUT2D eigenvalue weighted by atomic mass is 10.3. The van der Waals surface area contributed by atoms with Crippen LogP contribution in [0.5, 0.6) is 0 Å². The number of ether oxygens (including phenoxy) is 1. The zero-order chi connectivity index (χ0) is 9.14. The number of β-amino-alcohol motifs (C(OH)–C–C–N with tert-alkyl or cyclic N) is 1. The Bertz CT molecular complexity index is 204. The van der Waals surface area contributed by atoms with Crippen LogP contribution >= 0.6 is 0 Å². The van der Waals surface area contributed by atoms with Gasteiger partial charge in [0.05, 0.1) is 6.61 Å². The molecule has 1 unspecified atom stereocenters. The van der Waals surface area contributed by atoms with Crippen LogP contribution in [0.1, 0.15) is 0 Å². The number of rotatable bonds is 3. The summed E-state index contributed by atoms with van der Waals surface area (Å²) in [6.07, 6.45) is -0.684. The Kier molecular flexibility index (Phi) is 2.49. The number of carboxylic acid groups (broad SMARTS) is 1. The molecule has 0 spiro atoms. The molecule has 0 aromatic rings. The van der Waals surface area contributed by atoms with E-state index in [9.17, 15) is 9.59 Å². The van der Waals surface area contributed by atoms with Crippen LogP contribution in [-0.4, -0.2) is 53.0 Å². The lowest BCUT2D eigenvalue weighted by Crippen LogP contribution is -2.40. The second-order valence-electron chi connectivity index (χ2n) is 2.35. The van der Waals surface area contributed by atoms with Crippen molar-refractivity contribution in [3.05, 3.63) is 0 Å². The summed E-state index contributed by atoms with van der Waals surface area (Å²) < 4.78 is 4.49. The van der Waals surface area contributed by atoms with Crippen molar-refractivity contribution in [3.8, 4) is 0 Å². The minimum absolute atomic E-state index is 0.00417. The molecule has 12 heavy (non-hydrogen) atoms. The van der Waals surface area contributed by atoms with Crippen LogP contribution in [0.15, 0.2) is 0 Å². The Morgan fingerprint density at radius 1 is 1.75 bits per heavy atom. The van der Waals surface area contributed by atoms with Gasteiger partial charge in [0.2, 0.25) is 0 Å². The molecule has 6 heteroatoms. The largest absolute Gasteiger partial charge is 0.480 e. The zero-order valence-corrected chi connectivity index (χ0v) is 6.27. The van der Waals surface area contributed by atoms with Gasteiger partial charge in [0.15, 0.2) is 6.04 Å². The average molecular weight is 175 g/mol. The molecule has 0 aromatic heterocycles. The lowest BCUT2D eigenvalue weighted by Gasteiger charge is -2.15. The van der Waals surface area contributed by atoms with Crippen LogP contribution in [-0.2, 0) is 9.53 Å². The van der Waals surface area contributed by atoms with Crippen LogP contribution in [0, 0.1) is 0 Å². The molecule has 2 N–H and O–H groups in total. The maximum Gasteiger partial charge on any atom is 0.410 e. The summed E-state index contributed by atoms with van der Waals surface area (Å²) in [6.45, 7) is -0.414. The van der Waals surface area contributed by atoms with E-state index in [1.165, 1.54) is 0 Å². The molecular weight excluding hydrogens is 166 g/mol. The molecule has 0 aromatic carbocycles. The van der Waals surface area contributed by atoms with Gasteiger partial charge in [-0.3, -0.25) is 4.90 Å². The SMILES string of the molecule is O=C(O)C1COC(=O)N1CCO. The number of aliphatic hydroxyl groups excluding tert-OH is 1. The van der Waals surface area contributed by atoms with Gasteiger partial charge in [-0.15, -0.1) is 0 Å². The summed E-state index contributed by atoms with van der Waals surface area (Å²) in [6, 6.07) is -0.954. The van der Waals surface area contributed by atoms with Gasteiger partial charge in [0, 0.05) is 6.54 Å². The van der Waals surface area contributed by atoms with Crippen LogP contribution in [0.3, 0.4) is 0 Å². The van der Waals surface area contributed by atoms with Gasteiger partial charge in [0.1, 0.15) is 6.61 Å². The molecule has 1 atom stereocenters. The fourth-order valence-corrected chi connectivity index (χ4v) is 1.01. The van der Waals surface area contributed by atoms with Crippen molar-refractivity contribution in [1.82, 2.24) is 4.90 Å². The predicted molar refractivity (Wildman–Crippen MR) is 36.6 cm³/mol. The molecule has 1 fully saturated rings. The van der Waals surface area contributed by atoms with E-state index < -0.39 is 18.1 Å². The second-order valence-corrected chi connectivity index (χ2v) is 2.35. The average Bonchev–Trinajstić information content (AvgIpc) is 2.34. The maximum absolute atomic E-state index is 10.8. The molecule has 1 amide bonds. The fourth-order valence-electron chi connectivity index (χ4n) is 1.01. The smallest absolute Gasteiger partial charge is 0.410 e.